The molecule has 1 atom stereocenters. The highest BCUT2D eigenvalue weighted by molar-refractivity contribution is 6.05. The molecule has 1 amide bonds. The lowest BCUT2D eigenvalue weighted by molar-refractivity contribution is -0.275. The Labute approximate surface area is 189 Å². The van der Waals surface area contributed by atoms with Crippen LogP contribution in [0, 0.1) is 6.92 Å². The number of ether oxygens (including phenoxy) is 3. The van der Waals surface area contributed by atoms with Gasteiger partial charge in [-0.2, -0.15) is 0 Å². The third-order valence-corrected chi connectivity index (χ3v) is 4.68. The minimum Gasteiger partial charge on any atom is -0.453 e. The molecule has 1 heterocycles. The quantitative estimate of drug-likeness (QED) is 0.453. The number of nitrogens with one attached hydrogen (secondary N) is 1. The average Bonchev–Trinajstić information content (AvgIpc) is 2.74. The molecule has 0 aliphatic heterocycles. The van der Waals surface area contributed by atoms with Gasteiger partial charge in [0.15, 0.2) is 11.5 Å². The maximum absolute atomic E-state index is 12.7. The van der Waals surface area contributed by atoms with Gasteiger partial charge < -0.3 is 19.5 Å². The third-order valence-electron chi connectivity index (χ3n) is 4.68. The van der Waals surface area contributed by atoms with E-state index in [4.69, 9.17) is 9.47 Å². The number of halogens is 3. The van der Waals surface area contributed by atoms with Crippen LogP contribution in [0.3, 0.4) is 0 Å². The second-order valence-electron chi connectivity index (χ2n) is 7.26. The fourth-order valence-electron chi connectivity index (χ4n) is 3.05. The summed E-state index contributed by atoms with van der Waals surface area (Å²) in [5.41, 5.74) is 2.19. The predicted octanol–water partition coefficient (Wildman–Crippen LogP) is 5.91. The monoisotopic (exact) mass is 460 g/mol. The van der Waals surface area contributed by atoms with Crippen LogP contribution in [-0.2, 0) is 11.2 Å². The highest BCUT2D eigenvalue weighted by Crippen LogP contribution is 2.35. The second-order valence-corrected chi connectivity index (χ2v) is 7.26. The van der Waals surface area contributed by atoms with Crippen LogP contribution < -0.4 is 14.8 Å². The number of anilines is 1. The molecule has 1 unspecified atom stereocenters. The largest absolute Gasteiger partial charge is 0.573 e. The Bertz CT molecular complexity index is 1120. The van der Waals surface area contributed by atoms with Crippen LogP contribution in [0.25, 0.3) is 0 Å². The fraction of sp³-hybridized carbons (Fsp3) is 0.250. The lowest BCUT2D eigenvalue weighted by Gasteiger charge is -2.14. The molecular formula is C24H23F3N2O4. The normalized spacial score (nSPS) is 12.2. The molecule has 33 heavy (non-hydrogen) atoms. The smallest absolute Gasteiger partial charge is 0.453 e. The minimum absolute atomic E-state index is 0.00554. The van der Waals surface area contributed by atoms with Gasteiger partial charge in [0.05, 0.1) is 17.4 Å². The lowest BCUT2D eigenvalue weighted by atomic mass is 10.1. The Kier molecular flexibility index (Phi) is 7.55. The summed E-state index contributed by atoms with van der Waals surface area (Å²) in [7, 11) is 1.62. The summed E-state index contributed by atoms with van der Waals surface area (Å²) in [5.74, 6) is -0.725. The van der Waals surface area contributed by atoms with E-state index in [0.717, 1.165) is 11.8 Å². The summed E-state index contributed by atoms with van der Waals surface area (Å²) in [6.07, 6.45) is -4.22. The van der Waals surface area contributed by atoms with Gasteiger partial charge in [-0.25, -0.2) is 0 Å². The van der Waals surface area contributed by atoms with Gasteiger partial charge in [0.25, 0.3) is 5.91 Å². The molecule has 6 nitrogen and oxygen atoms in total. The number of alkyl halides is 3. The van der Waals surface area contributed by atoms with Gasteiger partial charge in [-0.3, -0.25) is 9.78 Å². The van der Waals surface area contributed by atoms with E-state index < -0.39 is 12.1 Å². The van der Waals surface area contributed by atoms with Crippen molar-refractivity contribution in [2.75, 3.05) is 12.4 Å². The Morgan fingerprint density at radius 1 is 1.06 bits per heavy atom. The van der Waals surface area contributed by atoms with Crippen LogP contribution in [0.15, 0.2) is 60.7 Å². The van der Waals surface area contributed by atoms with Crippen LogP contribution >= 0.6 is 0 Å². The number of hydrogen-bond acceptors (Lipinski definition) is 5. The third kappa shape index (κ3) is 6.95. The van der Waals surface area contributed by atoms with Crippen molar-refractivity contribution in [1.29, 1.82) is 0 Å². The molecule has 0 radical (unpaired) electrons. The number of rotatable bonds is 8. The van der Waals surface area contributed by atoms with E-state index in [1.165, 1.54) is 24.3 Å². The first-order chi connectivity index (χ1) is 15.6. The van der Waals surface area contributed by atoms with Crippen molar-refractivity contribution in [2.24, 2.45) is 0 Å². The first kappa shape index (κ1) is 24.1. The molecule has 0 bridgehead atoms. The molecule has 0 fully saturated rings. The van der Waals surface area contributed by atoms with Gasteiger partial charge in [0.2, 0.25) is 0 Å². The van der Waals surface area contributed by atoms with Crippen LogP contribution in [0.2, 0.25) is 0 Å². The van der Waals surface area contributed by atoms with Crippen LogP contribution in [-0.4, -0.2) is 30.5 Å². The number of amides is 1. The minimum atomic E-state index is -4.85. The number of methoxy groups -OCH3 is 1. The van der Waals surface area contributed by atoms with Gasteiger partial charge in [0, 0.05) is 31.0 Å². The molecule has 174 valence electrons. The van der Waals surface area contributed by atoms with E-state index in [1.807, 2.05) is 6.92 Å². The molecule has 3 rings (SSSR count). The Balaban J connectivity index is 1.73. The highest BCUT2D eigenvalue weighted by atomic mass is 19.4. The molecule has 0 saturated carbocycles. The molecule has 1 aromatic heterocycles. The predicted molar refractivity (Wildman–Crippen MR) is 117 cm³/mol. The molecule has 1 N–H and O–H groups in total. The van der Waals surface area contributed by atoms with Crippen LogP contribution in [0.1, 0.15) is 28.7 Å². The van der Waals surface area contributed by atoms with Crippen molar-refractivity contribution >= 4 is 11.6 Å². The second kappa shape index (κ2) is 10.4. The highest BCUT2D eigenvalue weighted by Gasteiger charge is 2.32. The van der Waals surface area contributed by atoms with Gasteiger partial charge >= 0.3 is 6.36 Å². The first-order valence-corrected chi connectivity index (χ1v) is 10.1. The van der Waals surface area contributed by atoms with Crippen molar-refractivity contribution in [3.8, 4) is 17.2 Å². The molecular weight excluding hydrogens is 437 g/mol. The summed E-state index contributed by atoms with van der Waals surface area (Å²) in [6.45, 7) is 3.67. The van der Waals surface area contributed by atoms with Crippen LogP contribution in [0.4, 0.5) is 18.9 Å². The lowest BCUT2D eigenvalue weighted by Crippen LogP contribution is -2.17. The maximum atomic E-state index is 12.7. The Hall–Kier alpha value is -3.59. The van der Waals surface area contributed by atoms with Crippen molar-refractivity contribution < 1.29 is 32.2 Å². The molecule has 3 aromatic rings. The number of carbonyl (C=O) groups excluding carboxylic acids is 1. The molecule has 0 saturated heterocycles. The van der Waals surface area contributed by atoms with Crippen molar-refractivity contribution in [3.05, 3.63) is 77.6 Å². The van der Waals surface area contributed by atoms with E-state index in [1.54, 1.807) is 44.4 Å². The number of nitrogens with zero attached hydrogens (tertiary/aromatic N) is 1. The van der Waals surface area contributed by atoms with Gasteiger partial charge in [-0.05, 0) is 50.2 Å². The zero-order valence-electron chi connectivity index (χ0n) is 18.3. The standard InChI is InChI=1S/C24H23F3N2O4/c1-15(31-3)13-18-11-12-20(16(2)28-18)23(30)29-17-7-6-8-19(14-17)32-21-9-4-5-10-22(21)33-24(25,26)27/h4-12,14-15H,13H2,1-3H3,(H,29,30). The molecule has 0 aliphatic rings. The Morgan fingerprint density at radius 3 is 2.45 bits per heavy atom. The molecule has 0 spiro atoms. The summed E-state index contributed by atoms with van der Waals surface area (Å²) in [5, 5.41) is 2.75. The molecule has 2 aromatic carbocycles. The first-order valence-electron chi connectivity index (χ1n) is 10.1. The number of carbonyl (C=O) groups is 1. The van der Waals surface area contributed by atoms with Crippen molar-refractivity contribution in [1.82, 2.24) is 4.98 Å². The summed E-state index contributed by atoms with van der Waals surface area (Å²) in [6, 6.07) is 15.2. The average molecular weight is 460 g/mol. The number of benzene rings is 2. The van der Waals surface area contributed by atoms with E-state index >= 15 is 0 Å². The number of para-hydroxylation sites is 2. The van der Waals surface area contributed by atoms with E-state index in [9.17, 15) is 18.0 Å². The number of hydrogen-bond donors (Lipinski definition) is 1. The zero-order chi connectivity index (χ0) is 24.0. The maximum Gasteiger partial charge on any atom is 0.573 e. The summed E-state index contributed by atoms with van der Waals surface area (Å²) >= 11 is 0. The molecule has 0 aliphatic carbocycles. The van der Waals surface area contributed by atoms with Crippen molar-refractivity contribution in [3.63, 3.8) is 0 Å². The number of aryl methyl sites for hydroxylation is 1. The number of aromatic nitrogens is 1. The van der Waals surface area contributed by atoms with E-state index in [-0.39, 0.29) is 23.5 Å². The zero-order valence-corrected chi connectivity index (χ0v) is 18.3. The molecule has 9 heteroatoms. The summed E-state index contributed by atoms with van der Waals surface area (Å²) in [4.78, 5) is 17.2. The fourth-order valence-corrected chi connectivity index (χ4v) is 3.05. The van der Waals surface area contributed by atoms with Gasteiger partial charge in [-0.15, -0.1) is 13.2 Å². The van der Waals surface area contributed by atoms with Gasteiger partial charge in [0.1, 0.15) is 5.75 Å². The van der Waals surface area contributed by atoms with Crippen LogP contribution in [0.5, 0.6) is 17.2 Å². The SMILES string of the molecule is COC(C)Cc1ccc(C(=O)Nc2cccc(Oc3ccccc3OC(F)(F)F)c2)c(C)n1. The Morgan fingerprint density at radius 2 is 1.79 bits per heavy atom. The van der Waals surface area contributed by atoms with E-state index in [0.29, 0.717) is 23.4 Å². The number of pyridine rings is 1. The summed E-state index contributed by atoms with van der Waals surface area (Å²) < 4.78 is 52.7. The van der Waals surface area contributed by atoms with Crippen molar-refractivity contribution in [2.45, 2.75) is 32.7 Å². The van der Waals surface area contributed by atoms with E-state index in [2.05, 4.69) is 15.0 Å². The van der Waals surface area contributed by atoms with Gasteiger partial charge in [-0.1, -0.05) is 18.2 Å². The topological polar surface area (TPSA) is 69.7 Å².